The fourth-order valence-electron chi connectivity index (χ4n) is 2.55. The van der Waals surface area contributed by atoms with Crippen LogP contribution in [0.4, 0.5) is 5.69 Å². The van der Waals surface area contributed by atoms with Crippen LogP contribution in [0.1, 0.15) is 29.3 Å². The monoisotopic (exact) mass is 296 g/mol. The normalized spacial score (nSPS) is 20.8. The van der Waals surface area contributed by atoms with Crippen LogP contribution in [0.2, 0.25) is 0 Å². The van der Waals surface area contributed by atoms with Crippen molar-refractivity contribution in [1.82, 2.24) is 15.8 Å². The minimum atomic E-state index is -0.270. The van der Waals surface area contributed by atoms with Crippen molar-refractivity contribution < 1.29 is 4.79 Å². The van der Waals surface area contributed by atoms with Gasteiger partial charge in [0.1, 0.15) is 6.04 Å². The summed E-state index contributed by atoms with van der Waals surface area (Å²) >= 11 is 0. The average Bonchev–Trinajstić information content (AvgIpc) is 3.02. The van der Waals surface area contributed by atoms with Crippen molar-refractivity contribution in [2.45, 2.75) is 32.4 Å². The summed E-state index contributed by atoms with van der Waals surface area (Å²) in [7, 11) is 0. The first-order valence-electron chi connectivity index (χ1n) is 7.43. The number of aromatic nitrogens is 1. The summed E-state index contributed by atoms with van der Waals surface area (Å²) < 4.78 is 0. The SMILES string of the molecule is Cc1ccc(NC(=O)C2CC(c3ccccn3)NN2)cc1C. The molecule has 0 aliphatic carbocycles. The van der Waals surface area contributed by atoms with Crippen LogP contribution in [0.15, 0.2) is 42.6 Å². The molecule has 1 amide bonds. The van der Waals surface area contributed by atoms with Gasteiger partial charge in [0.15, 0.2) is 0 Å². The number of benzene rings is 1. The maximum Gasteiger partial charge on any atom is 0.242 e. The van der Waals surface area contributed by atoms with Crippen LogP contribution in [-0.2, 0) is 4.79 Å². The molecule has 2 aromatic rings. The third kappa shape index (κ3) is 3.16. The summed E-state index contributed by atoms with van der Waals surface area (Å²) in [6, 6.07) is 11.5. The topological polar surface area (TPSA) is 66.0 Å². The number of hydrazine groups is 1. The van der Waals surface area contributed by atoms with E-state index < -0.39 is 0 Å². The maximum atomic E-state index is 12.4. The first-order chi connectivity index (χ1) is 10.6. The molecule has 0 spiro atoms. The predicted molar refractivity (Wildman–Crippen MR) is 86.2 cm³/mol. The van der Waals surface area contributed by atoms with Gasteiger partial charge < -0.3 is 5.32 Å². The largest absolute Gasteiger partial charge is 0.325 e. The summed E-state index contributed by atoms with van der Waals surface area (Å²) in [5.41, 5.74) is 10.3. The van der Waals surface area contributed by atoms with Crippen LogP contribution < -0.4 is 16.2 Å². The van der Waals surface area contributed by atoms with E-state index in [-0.39, 0.29) is 18.0 Å². The summed E-state index contributed by atoms with van der Waals surface area (Å²) in [4.78, 5) is 16.7. The van der Waals surface area contributed by atoms with Crippen molar-refractivity contribution in [3.8, 4) is 0 Å². The van der Waals surface area contributed by atoms with E-state index in [0.717, 1.165) is 11.4 Å². The molecule has 1 fully saturated rings. The molecule has 2 unspecified atom stereocenters. The van der Waals surface area contributed by atoms with Gasteiger partial charge >= 0.3 is 0 Å². The minimum Gasteiger partial charge on any atom is -0.325 e. The molecule has 5 nitrogen and oxygen atoms in total. The van der Waals surface area contributed by atoms with Crippen LogP contribution in [0.3, 0.4) is 0 Å². The number of aryl methyl sites for hydroxylation is 2. The molecule has 3 N–H and O–H groups in total. The molecule has 5 heteroatoms. The van der Waals surface area contributed by atoms with Gasteiger partial charge in [-0.2, -0.15) is 0 Å². The lowest BCUT2D eigenvalue weighted by Gasteiger charge is -2.11. The minimum absolute atomic E-state index is 0.0332. The van der Waals surface area contributed by atoms with E-state index in [0.29, 0.717) is 6.42 Å². The Balaban J connectivity index is 1.63. The molecule has 0 radical (unpaired) electrons. The fraction of sp³-hybridized carbons (Fsp3) is 0.294. The van der Waals surface area contributed by atoms with E-state index in [1.165, 1.54) is 11.1 Å². The van der Waals surface area contributed by atoms with Crippen molar-refractivity contribution in [3.63, 3.8) is 0 Å². The van der Waals surface area contributed by atoms with Gasteiger partial charge in [0.25, 0.3) is 0 Å². The summed E-state index contributed by atoms with van der Waals surface area (Å²) in [6.45, 7) is 4.10. The van der Waals surface area contributed by atoms with Gasteiger partial charge in [-0.1, -0.05) is 12.1 Å². The second kappa shape index (κ2) is 6.25. The molecule has 1 aromatic heterocycles. The summed E-state index contributed by atoms with van der Waals surface area (Å²) in [5.74, 6) is -0.0332. The van der Waals surface area contributed by atoms with Gasteiger partial charge in [0.05, 0.1) is 11.7 Å². The Labute approximate surface area is 130 Å². The van der Waals surface area contributed by atoms with Crippen LogP contribution in [0, 0.1) is 13.8 Å². The number of nitrogens with zero attached hydrogens (tertiary/aromatic N) is 1. The van der Waals surface area contributed by atoms with E-state index in [2.05, 4.69) is 28.1 Å². The number of hydrogen-bond acceptors (Lipinski definition) is 4. The number of pyridine rings is 1. The third-order valence-corrected chi connectivity index (χ3v) is 4.04. The molecule has 2 atom stereocenters. The molecule has 22 heavy (non-hydrogen) atoms. The maximum absolute atomic E-state index is 12.4. The van der Waals surface area contributed by atoms with E-state index >= 15 is 0 Å². The number of carbonyl (C=O) groups is 1. The van der Waals surface area contributed by atoms with Crippen LogP contribution in [0.25, 0.3) is 0 Å². The third-order valence-electron chi connectivity index (χ3n) is 4.04. The number of rotatable bonds is 3. The Morgan fingerprint density at radius 2 is 2.05 bits per heavy atom. The van der Waals surface area contributed by atoms with Crippen molar-refractivity contribution in [3.05, 3.63) is 59.4 Å². The Hall–Kier alpha value is -2.24. The first kappa shape index (κ1) is 14.7. The molecule has 1 saturated heterocycles. The highest BCUT2D eigenvalue weighted by Gasteiger charge is 2.30. The van der Waals surface area contributed by atoms with Gasteiger partial charge in [-0.3, -0.25) is 9.78 Å². The summed E-state index contributed by atoms with van der Waals surface area (Å²) in [5, 5.41) is 2.96. The van der Waals surface area contributed by atoms with Crippen molar-refractivity contribution >= 4 is 11.6 Å². The number of hydrogen-bond donors (Lipinski definition) is 3. The summed E-state index contributed by atoms with van der Waals surface area (Å²) in [6.07, 6.45) is 2.44. The van der Waals surface area contributed by atoms with Crippen molar-refractivity contribution in [1.29, 1.82) is 0 Å². The zero-order valence-electron chi connectivity index (χ0n) is 12.8. The Morgan fingerprint density at radius 3 is 2.77 bits per heavy atom. The molecule has 3 rings (SSSR count). The lowest BCUT2D eigenvalue weighted by molar-refractivity contribution is -0.117. The molecular formula is C17H20N4O. The highest BCUT2D eigenvalue weighted by Crippen LogP contribution is 2.21. The number of nitrogens with one attached hydrogen (secondary N) is 3. The smallest absolute Gasteiger partial charge is 0.242 e. The zero-order chi connectivity index (χ0) is 15.5. The first-order valence-corrected chi connectivity index (χ1v) is 7.43. The lowest BCUT2D eigenvalue weighted by atomic mass is 10.1. The molecule has 0 bridgehead atoms. The van der Waals surface area contributed by atoms with Crippen LogP contribution in [0.5, 0.6) is 0 Å². The Morgan fingerprint density at radius 1 is 1.18 bits per heavy atom. The average molecular weight is 296 g/mol. The van der Waals surface area contributed by atoms with Crippen LogP contribution >= 0.6 is 0 Å². The van der Waals surface area contributed by atoms with Gasteiger partial charge in [0.2, 0.25) is 5.91 Å². The standard InChI is InChI=1S/C17H20N4O/c1-11-6-7-13(9-12(11)2)19-17(22)16-10-15(20-21-16)14-5-3-4-8-18-14/h3-9,15-16,20-21H,10H2,1-2H3,(H,19,22). The van der Waals surface area contributed by atoms with E-state index in [9.17, 15) is 4.79 Å². The zero-order valence-corrected chi connectivity index (χ0v) is 12.8. The lowest BCUT2D eigenvalue weighted by Crippen LogP contribution is -2.39. The number of amides is 1. The second-order valence-corrected chi connectivity index (χ2v) is 5.67. The van der Waals surface area contributed by atoms with Gasteiger partial charge in [-0.05, 0) is 55.7 Å². The number of carbonyl (C=O) groups excluding carboxylic acids is 1. The number of anilines is 1. The van der Waals surface area contributed by atoms with E-state index in [1.807, 2.05) is 43.3 Å². The quantitative estimate of drug-likeness (QED) is 0.813. The fourth-order valence-corrected chi connectivity index (χ4v) is 2.55. The Bertz CT molecular complexity index is 672. The Kier molecular flexibility index (Phi) is 4.18. The molecule has 1 aromatic carbocycles. The predicted octanol–water partition coefficient (Wildman–Crippen LogP) is 2.24. The second-order valence-electron chi connectivity index (χ2n) is 5.67. The van der Waals surface area contributed by atoms with Gasteiger partial charge in [-0.15, -0.1) is 0 Å². The van der Waals surface area contributed by atoms with Crippen molar-refractivity contribution in [2.75, 3.05) is 5.32 Å². The molecule has 1 aliphatic rings. The van der Waals surface area contributed by atoms with E-state index in [4.69, 9.17) is 0 Å². The molecule has 114 valence electrons. The van der Waals surface area contributed by atoms with Crippen LogP contribution in [-0.4, -0.2) is 16.9 Å². The van der Waals surface area contributed by atoms with Gasteiger partial charge in [0, 0.05) is 11.9 Å². The van der Waals surface area contributed by atoms with Crippen molar-refractivity contribution in [2.24, 2.45) is 0 Å². The molecule has 2 heterocycles. The molecule has 1 aliphatic heterocycles. The van der Waals surface area contributed by atoms with E-state index in [1.54, 1.807) is 6.20 Å². The van der Waals surface area contributed by atoms with Gasteiger partial charge in [-0.25, -0.2) is 10.9 Å². The highest BCUT2D eigenvalue weighted by molar-refractivity contribution is 5.95. The molecular weight excluding hydrogens is 276 g/mol. The highest BCUT2D eigenvalue weighted by atomic mass is 16.2. The molecule has 0 saturated carbocycles.